The first-order valence-electron chi connectivity index (χ1n) is 12.0. The van der Waals surface area contributed by atoms with Gasteiger partial charge in [-0.3, -0.25) is 4.79 Å². The van der Waals surface area contributed by atoms with Gasteiger partial charge in [0.2, 0.25) is 5.88 Å². The van der Waals surface area contributed by atoms with Crippen LogP contribution in [0.25, 0.3) is 0 Å². The molecule has 1 aromatic heterocycles. The monoisotopic (exact) mass is 496 g/mol. The highest BCUT2D eigenvalue weighted by Gasteiger charge is 2.34. The van der Waals surface area contributed by atoms with Crippen LogP contribution in [-0.2, 0) is 0 Å². The van der Waals surface area contributed by atoms with Crippen LogP contribution < -0.4 is 10.1 Å². The molecule has 1 aromatic carbocycles. The van der Waals surface area contributed by atoms with Gasteiger partial charge in [0.1, 0.15) is 17.5 Å². The maximum atomic E-state index is 13.5. The number of aliphatic hydroxyl groups is 1. The molecule has 0 bridgehead atoms. The summed E-state index contributed by atoms with van der Waals surface area (Å²) in [4.78, 5) is 33.5. The van der Waals surface area contributed by atoms with Gasteiger partial charge >= 0.3 is 6.03 Å². The molecule has 36 heavy (non-hydrogen) atoms. The molecule has 8 nitrogen and oxygen atoms in total. The molecule has 0 saturated heterocycles. The molecule has 3 rings (SSSR count). The topological polar surface area (TPSA) is 95.0 Å². The Labute approximate surface area is 211 Å². The van der Waals surface area contributed by atoms with E-state index in [4.69, 9.17) is 4.74 Å². The minimum Gasteiger partial charge on any atom is -0.472 e. The Bertz CT molecular complexity index is 1140. The van der Waals surface area contributed by atoms with E-state index in [0.717, 1.165) is 0 Å². The molecule has 0 radical (unpaired) electrons. The zero-order valence-corrected chi connectivity index (χ0v) is 21.3. The molecule has 3 amide bonds. The molecular formula is C27H33FN4O4. The second-order valence-electron chi connectivity index (χ2n) is 9.44. The first kappa shape index (κ1) is 27.0. The zero-order chi connectivity index (χ0) is 26.4. The number of pyridine rings is 1. The molecule has 0 fully saturated rings. The van der Waals surface area contributed by atoms with Crippen molar-refractivity contribution >= 4 is 11.9 Å². The molecule has 1 aliphatic rings. The lowest BCUT2D eigenvalue weighted by Gasteiger charge is -2.37. The van der Waals surface area contributed by atoms with Gasteiger partial charge in [-0.25, -0.2) is 14.2 Å². The van der Waals surface area contributed by atoms with Gasteiger partial charge in [0, 0.05) is 42.9 Å². The Morgan fingerprint density at radius 2 is 1.94 bits per heavy atom. The molecule has 2 heterocycles. The maximum Gasteiger partial charge on any atom is 0.317 e. The van der Waals surface area contributed by atoms with Crippen LogP contribution in [0.3, 0.4) is 0 Å². The van der Waals surface area contributed by atoms with E-state index >= 15 is 0 Å². The standard InChI is InChI=1S/C27H33FN4O4/c1-17(2)30-27(35)31(5)15-24-18(3)14-32(19(4)16-33)26(34)23-12-21(13-29-25(23)36-24)7-6-20-8-10-22(28)11-9-20/h8-13,17-19,24,33H,14-16H2,1-5H3,(H,30,35)/t18-,19+,24-/m1/s1. The van der Waals surface area contributed by atoms with Crippen LogP contribution >= 0.6 is 0 Å². The van der Waals surface area contributed by atoms with Crippen molar-refractivity contribution in [3.05, 3.63) is 59.0 Å². The van der Waals surface area contributed by atoms with Crippen LogP contribution in [0.5, 0.6) is 5.88 Å². The van der Waals surface area contributed by atoms with Crippen LogP contribution in [0.2, 0.25) is 0 Å². The molecule has 3 atom stereocenters. The Morgan fingerprint density at radius 1 is 1.28 bits per heavy atom. The van der Waals surface area contributed by atoms with E-state index in [-0.39, 0.29) is 54.3 Å². The van der Waals surface area contributed by atoms with Gasteiger partial charge in [0.15, 0.2) is 0 Å². The number of fused-ring (bicyclic) bond motifs is 1. The summed E-state index contributed by atoms with van der Waals surface area (Å²) >= 11 is 0. The van der Waals surface area contributed by atoms with Crippen molar-refractivity contribution in [3.63, 3.8) is 0 Å². The lowest BCUT2D eigenvalue weighted by Crippen LogP contribution is -2.51. The lowest BCUT2D eigenvalue weighted by molar-refractivity contribution is 0.0351. The Kier molecular flexibility index (Phi) is 8.88. The Morgan fingerprint density at radius 3 is 2.58 bits per heavy atom. The van der Waals surface area contributed by atoms with Crippen LogP contribution in [0, 0.1) is 23.6 Å². The second-order valence-corrected chi connectivity index (χ2v) is 9.44. The zero-order valence-electron chi connectivity index (χ0n) is 21.3. The molecular weight excluding hydrogens is 463 g/mol. The van der Waals surface area contributed by atoms with Gasteiger partial charge in [0.05, 0.1) is 19.2 Å². The fraction of sp³-hybridized carbons (Fsp3) is 0.444. The van der Waals surface area contributed by atoms with Crippen molar-refractivity contribution in [2.24, 2.45) is 5.92 Å². The predicted molar refractivity (Wildman–Crippen MR) is 134 cm³/mol. The van der Waals surface area contributed by atoms with Crippen LogP contribution in [0.15, 0.2) is 36.5 Å². The number of aliphatic hydroxyl groups excluding tert-OH is 1. The highest BCUT2D eigenvalue weighted by atomic mass is 19.1. The number of nitrogens with zero attached hydrogens (tertiary/aromatic N) is 3. The SMILES string of the molecule is CC(C)NC(=O)N(C)C[C@H]1Oc2ncc(C#Cc3ccc(F)cc3)cc2C(=O)N([C@@H](C)CO)C[C@H]1C. The first-order chi connectivity index (χ1) is 17.1. The first-order valence-corrected chi connectivity index (χ1v) is 12.0. The number of amides is 3. The van der Waals surface area contributed by atoms with Crippen molar-refractivity contribution in [2.45, 2.75) is 45.9 Å². The Balaban J connectivity index is 1.95. The van der Waals surface area contributed by atoms with Gasteiger partial charge < -0.3 is 25.0 Å². The van der Waals surface area contributed by atoms with E-state index in [2.05, 4.69) is 22.1 Å². The number of aromatic nitrogens is 1. The molecule has 0 unspecified atom stereocenters. The summed E-state index contributed by atoms with van der Waals surface area (Å²) < 4.78 is 19.4. The number of halogens is 1. The molecule has 0 aliphatic carbocycles. The summed E-state index contributed by atoms with van der Waals surface area (Å²) in [6, 6.07) is 6.75. The molecule has 0 spiro atoms. The number of urea groups is 1. The molecule has 192 valence electrons. The number of hydrogen-bond acceptors (Lipinski definition) is 5. The minimum absolute atomic E-state index is 0.00836. The molecule has 9 heteroatoms. The number of carbonyl (C=O) groups is 2. The molecule has 0 saturated carbocycles. The molecule has 2 N–H and O–H groups in total. The van der Waals surface area contributed by atoms with Crippen molar-refractivity contribution in [2.75, 3.05) is 26.7 Å². The van der Waals surface area contributed by atoms with Crippen molar-refractivity contribution in [3.8, 4) is 17.7 Å². The summed E-state index contributed by atoms with van der Waals surface area (Å²) in [7, 11) is 1.69. The number of likely N-dealkylation sites (N-methyl/N-ethyl adjacent to an activating group) is 1. The molecule has 1 aliphatic heterocycles. The summed E-state index contributed by atoms with van der Waals surface area (Å²) in [6.45, 7) is 7.90. The van der Waals surface area contributed by atoms with E-state index < -0.39 is 12.1 Å². The summed E-state index contributed by atoms with van der Waals surface area (Å²) in [6.07, 6.45) is 1.07. The van der Waals surface area contributed by atoms with Crippen molar-refractivity contribution in [1.29, 1.82) is 0 Å². The van der Waals surface area contributed by atoms with E-state index in [1.807, 2.05) is 20.8 Å². The number of carbonyl (C=O) groups excluding carboxylic acids is 2. The van der Waals surface area contributed by atoms with Gasteiger partial charge in [-0.05, 0) is 51.1 Å². The summed E-state index contributed by atoms with van der Waals surface area (Å²) in [5, 5.41) is 12.7. The quantitative estimate of drug-likeness (QED) is 0.621. The number of nitrogens with one attached hydrogen (secondary N) is 1. The molecule has 2 aromatic rings. The number of ether oxygens (including phenoxy) is 1. The van der Waals surface area contributed by atoms with Crippen molar-refractivity contribution in [1.82, 2.24) is 20.1 Å². The minimum atomic E-state index is -0.447. The van der Waals surface area contributed by atoms with E-state index in [0.29, 0.717) is 17.7 Å². The summed E-state index contributed by atoms with van der Waals surface area (Å²) in [5.41, 5.74) is 1.34. The van der Waals surface area contributed by atoms with Crippen LogP contribution in [-0.4, -0.2) is 76.8 Å². The van der Waals surface area contributed by atoms with Gasteiger partial charge in [-0.1, -0.05) is 18.8 Å². The predicted octanol–water partition coefficient (Wildman–Crippen LogP) is 2.89. The average Bonchev–Trinajstić information content (AvgIpc) is 2.84. The fourth-order valence-electron chi connectivity index (χ4n) is 3.78. The second kappa shape index (κ2) is 11.9. The largest absolute Gasteiger partial charge is 0.472 e. The summed E-state index contributed by atoms with van der Waals surface area (Å²) in [5.74, 6) is 5.23. The lowest BCUT2D eigenvalue weighted by atomic mass is 10.00. The normalized spacial score (nSPS) is 18.2. The van der Waals surface area contributed by atoms with Crippen LogP contribution in [0.4, 0.5) is 9.18 Å². The van der Waals surface area contributed by atoms with Crippen LogP contribution in [0.1, 0.15) is 49.2 Å². The van der Waals surface area contributed by atoms with Gasteiger partial charge in [-0.15, -0.1) is 0 Å². The van der Waals surface area contributed by atoms with Gasteiger partial charge in [0.25, 0.3) is 5.91 Å². The van der Waals surface area contributed by atoms with E-state index in [9.17, 15) is 19.1 Å². The average molecular weight is 497 g/mol. The van der Waals surface area contributed by atoms with Crippen molar-refractivity contribution < 1.29 is 23.8 Å². The number of hydrogen-bond donors (Lipinski definition) is 2. The number of rotatable bonds is 5. The van der Waals surface area contributed by atoms with E-state index in [1.54, 1.807) is 42.0 Å². The number of benzene rings is 1. The third kappa shape index (κ3) is 6.73. The maximum absolute atomic E-state index is 13.5. The smallest absolute Gasteiger partial charge is 0.317 e. The highest BCUT2D eigenvalue weighted by Crippen LogP contribution is 2.27. The Hall–Kier alpha value is -3.64. The third-order valence-electron chi connectivity index (χ3n) is 5.93. The van der Waals surface area contributed by atoms with E-state index in [1.165, 1.54) is 18.3 Å². The third-order valence-corrected chi connectivity index (χ3v) is 5.93. The fourth-order valence-corrected chi connectivity index (χ4v) is 3.78. The van der Waals surface area contributed by atoms with Gasteiger partial charge in [-0.2, -0.15) is 0 Å². The highest BCUT2D eigenvalue weighted by molar-refractivity contribution is 5.97.